The molecule has 0 fully saturated rings. The monoisotopic (exact) mass is 180 g/mol. The van der Waals surface area contributed by atoms with Crippen molar-refractivity contribution < 1.29 is 9.50 Å². The molecule has 0 aliphatic carbocycles. The van der Waals surface area contributed by atoms with Gasteiger partial charge in [-0.3, -0.25) is 0 Å². The highest BCUT2D eigenvalue weighted by Crippen LogP contribution is 2.24. The van der Waals surface area contributed by atoms with Crippen LogP contribution in [0.5, 0.6) is 0 Å². The minimum atomic E-state index is -1.65. The van der Waals surface area contributed by atoms with E-state index in [9.17, 15) is 4.39 Å². The van der Waals surface area contributed by atoms with Gasteiger partial charge in [-0.25, -0.2) is 4.39 Å². The Hall–Kier alpha value is -1.15. The van der Waals surface area contributed by atoms with Gasteiger partial charge in [0, 0.05) is 0 Å². The van der Waals surface area contributed by atoms with Crippen LogP contribution in [0.2, 0.25) is 0 Å². The topological polar surface area (TPSA) is 20.2 Å². The van der Waals surface area contributed by atoms with E-state index in [1.165, 1.54) is 6.92 Å². The molecule has 1 N–H and O–H groups in total. The van der Waals surface area contributed by atoms with Gasteiger partial charge in [-0.2, -0.15) is 0 Å². The fraction of sp³-hybridized carbons (Fsp3) is 0.273. The normalized spacial score (nSPS) is 15.0. The average molecular weight is 180 g/mol. The molecule has 0 bridgehead atoms. The molecule has 0 saturated heterocycles. The zero-order chi connectivity index (χ0) is 9.90. The number of halogens is 1. The second-order valence-electron chi connectivity index (χ2n) is 3.18. The lowest BCUT2D eigenvalue weighted by Crippen LogP contribution is -2.19. The van der Waals surface area contributed by atoms with Gasteiger partial charge >= 0.3 is 0 Å². The summed E-state index contributed by atoms with van der Waals surface area (Å²) in [5.41, 5.74) is -0.224. The Labute approximate surface area is 77.5 Å². The molecule has 1 unspecified atom stereocenters. The van der Waals surface area contributed by atoms with E-state index < -0.39 is 12.3 Å². The van der Waals surface area contributed by atoms with Gasteiger partial charge in [0.1, 0.15) is 0 Å². The van der Waals surface area contributed by atoms with Crippen LogP contribution < -0.4 is 0 Å². The minimum absolute atomic E-state index is 0.487. The van der Waals surface area contributed by atoms with Crippen LogP contribution in [0.15, 0.2) is 30.8 Å². The van der Waals surface area contributed by atoms with Gasteiger partial charge < -0.3 is 5.11 Å². The van der Waals surface area contributed by atoms with Crippen LogP contribution in [0.25, 0.3) is 6.08 Å². The van der Waals surface area contributed by atoms with Gasteiger partial charge in [0.05, 0.1) is 6.61 Å². The molecule has 1 rings (SSSR count). The summed E-state index contributed by atoms with van der Waals surface area (Å²) in [6, 6.07) is 6.87. The van der Waals surface area contributed by atoms with Crippen molar-refractivity contribution in [2.24, 2.45) is 0 Å². The van der Waals surface area contributed by atoms with Crippen molar-refractivity contribution in [3.63, 3.8) is 0 Å². The Morgan fingerprint density at radius 3 is 2.38 bits per heavy atom. The van der Waals surface area contributed by atoms with E-state index in [4.69, 9.17) is 5.11 Å². The number of benzene rings is 1. The molecule has 0 aliphatic heterocycles. The first kappa shape index (κ1) is 9.93. The zero-order valence-corrected chi connectivity index (χ0v) is 7.63. The summed E-state index contributed by atoms with van der Waals surface area (Å²) in [4.78, 5) is 0. The number of hydrogen-bond donors (Lipinski definition) is 1. The number of alkyl halides is 1. The first-order valence-electron chi connectivity index (χ1n) is 4.13. The van der Waals surface area contributed by atoms with E-state index in [0.717, 1.165) is 5.56 Å². The van der Waals surface area contributed by atoms with E-state index in [2.05, 4.69) is 6.58 Å². The molecule has 0 amide bonds. The zero-order valence-electron chi connectivity index (χ0n) is 7.63. The van der Waals surface area contributed by atoms with E-state index in [1.54, 1.807) is 30.3 Å². The molecule has 1 aromatic carbocycles. The quantitative estimate of drug-likeness (QED) is 0.757. The molecule has 70 valence electrons. The maximum Gasteiger partial charge on any atom is 0.156 e. The summed E-state index contributed by atoms with van der Waals surface area (Å²) in [5, 5.41) is 8.78. The number of rotatable bonds is 3. The summed E-state index contributed by atoms with van der Waals surface area (Å²) in [5.74, 6) is 0. The van der Waals surface area contributed by atoms with Gasteiger partial charge in [0.2, 0.25) is 0 Å². The van der Waals surface area contributed by atoms with Crippen LogP contribution in [0.1, 0.15) is 18.1 Å². The maximum atomic E-state index is 13.5. The summed E-state index contributed by atoms with van der Waals surface area (Å²) < 4.78 is 13.5. The lowest BCUT2D eigenvalue weighted by molar-refractivity contribution is 0.0868. The second-order valence-corrected chi connectivity index (χ2v) is 3.18. The van der Waals surface area contributed by atoms with Crippen molar-refractivity contribution >= 4 is 6.08 Å². The number of hydrogen-bond acceptors (Lipinski definition) is 1. The molecular formula is C11H13FO. The standard InChI is InChI=1S/C11H13FO/c1-3-9-4-6-10(7-5-9)11(2,12)8-13/h3-7,13H,1,8H2,2H3. The highest BCUT2D eigenvalue weighted by Gasteiger charge is 2.23. The third kappa shape index (κ3) is 2.16. The molecule has 1 atom stereocenters. The minimum Gasteiger partial charge on any atom is -0.393 e. The molecule has 0 saturated carbocycles. The van der Waals surface area contributed by atoms with Gasteiger partial charge in [-0.15, -0.1) is 0 Å². The molecule has 1 aromatic rings. The van der Waals surface area contributed by atoms with Crippen molar-refractivity contribution in [2.45, 2.75) is 12.6 Å². The first-order chi connectivity index (χ1) is 6.10. The van der Waals surface area contributed by atoms with E-state index >= 15 is 0 Å². The Morgan fingerprint density at radius 1 is 1.46 bits per heavy atom. The fourth-order valence-corrected chi connectivity index (χ4v) is 1.06. The Morgan fingerprint density at radius 2 is 2.00 bits per heavy atom. The largest absolute Gasteiger partial charge is 0.393 e. The Balaban J connectivity index is 2.98. The highest BCUT2D eigenvalue weighted by molar-refractivity contribution is 5.47. The summed E-state index contributed by atoms with van der Waals surface area (Å²) in [6.07, 6.45) is 1.69. The van der Waals surface area contributed by atoms with Gasteiger partial charge in [0.15, 0.2) is 5.67 Å². The number of aliphatic hydroxyl groups excluding tert-OH is 1. The lowest BCUT2D eigenvalue weighted by atomic mass is 9.98. The van der Waals surface area contributed by atoms with Crippen LogP contribution >= 0.6 is 0 Å². The van der Waals surface area contributed by atoms with Crippen molar-refractivity contribution in [1.82, 2.24) is 0 Å². The van der Waals surface area contributed by atoms with Crippen LogP contribution in [0.4, 0.5) is 4.39 Å². The van der Waals surface area contributed by atoms with Crippen molar-refractivity contribution in [3.8, 4) is 0 Å². The predicted molar refractivity (Wildman–Crippen MR) is 52.1 cm³/mol. The fourth-order valence-electron chi connectivity index (χ4n) is 1.06. The Kier molecular flexibility index (Phi) is 2.83. The SMILES string of the molecule is C=Cc1ccc(C(C)(F)CO)cc1. The van der Waals surface area contributed by atoms with Gasteiger partial charge in [0.25, 0.3) is 0 Å². The third-order valence-electron chi connectivity index (χ3n) is 2.05. The predicted octanol–water partition coefficient (Wildman–Crippen LogP) is 2.51. The van der Waals surface area contributed by atoms with Crippen molar-refractivity contribution in [3.05, 3.63) is 42.0 Å². The van der Waals surface area contributed by atoms with Crippen LogP contribution in [0.3, 0.4) is 0 Å². The average Bonchev–Trinajstić information content (AvgIpc) is 2.18. The first-order valence-corrected chi connectivity index (χ1v) is 4.13. The molecule has 0 radical (unpaired) electrons. The van der Waals surface area contributed by atoms with Crippen molar-refractivity contribution in [1.29, 1.82) is 0 Å². The molecule has 0 aliphatic rings. The number of aliphatic hydroxyl groups is 1. The summed E-state index contributed by atoms with van der Waals surface area (Å²) in [7, 11) is 0. The molecule has 1 nitrogen and oxygen atoms in total. The van der Waals surface area contributed by atoms with Gasteiger partial charge in [-0.1, -0.05) is 36.9 Å². The molecule has 13 heavy (non-hydrogen) atoms. The molecule has 2 heteroatoms. The summed E-state index contributed by atoms with van der Waals surface area (Å²) in [6.45, 7) is 4.46. The smallest absolute Gasteiger partial charge is 0.156 e. The van der Waals surface area contributed by atoms with E-state index in [0.29, 0.717) is 5.56 Å². The second kappa shape index (κ2) is 3.71. The molecular weight excluding hydrogens is 167 g/mol. The van der Waals surface area contributed by atoms with E-state index in [-0.39, 0.29) is 0 Å². The van der Waals surface area contributed by atoms with Gasteiger partial charge in [-0.05, 0) is 18.1 Å². The van der Waals surface area contributed by atoms with Crippen molar-refractivity contribution in [2.75, 3.05) is 6.61 Å². The molecule has 0 heterocycles. The van der Waals surface area contributed by atoms with Crippen LogP contribution in [0, 0.1) is 0 Å². The Bertz CT molecular complexity index is 287. The van der Waals surface area contributed by atoms with E-state index in [1.807, 2.05) is 0 Å². The summed E-state index contributed by atoms with van der Waals surface area (Å²) >= 11 is 0. The molecule has 0 spiro atoms. The third-order valence-corrected chi connectivity index (χ3v) is 2.05. The highest BCUT2D eigenvalue weighted by atomic mass is 19.1. The molecule has 0 aromatic heterocycles. The van der Waals surface area contributed by atoms with Crippen LogP contribution in [-0.4, -0.2) is 11.7 Å². The maximum absolute atomic E-state index is 13.5. The van der Waals surface area contributed by atoms with Crippen LogP contribution in [-0.2, 0) is 5.67 Å². The lowest BCUT2D eigenvalue weighted by Gasteiger charge is -2.17.